The van der Waals surface area contributed by atoms with E-state index in [9.17, 15) is 14.7 Å². The fourth-order valence-electron chi connectivity index (χ4n) is 3.92. The molecule has 0 aromatic heterocycles. The van der Waals surface area contributed by atoms with Crippen molar-refractivity contribution in [2.45, 2.75) is 13.5 Å². The van der Waals surface area contributed by atoms with Gasteiger partial charge in [0.2, 0.25) is 5.91 Å². The van der Waals surface area contributed by atoms with Gasteiger partial charge in [-0.25, -0.2) is 4.79 Å². The lowest BCUT2D eigenvalue weighted by atomic mass is 9.98. The molecule has 1 atom stereocenters. The highest BCUT2D eigenvalue weighted by molar-refractivity contribution is 5.95. The van der Waals surface area contributed by atoms with Gasteiger partial charge in [-0.05, 0) is 22.8 Å². The molecular weight excluding hydrogens is 368 g/mol. The highest BCUT2D eigenvalue weighted by Gasteiger charge is 2.24. The fourth-order valence-corrected chi connectivity index (χ4v) is 3.92. The van der Waals surface area contributed by atoms with Gasteiger partial charge in [-0.3, -0.25) is 9.69 Å². The van der Waals surface area contributed by atoms with Crippen LogP contribution in [0.25, 0.3) is 11.1 Å². The molecule has 1 aliphatic heterocycles. The van der Waals surface area contributed by atoms with Gasteiger partial charge in [0, 0.05) is 52.7 Å². The van der Waals surface area contributed by atoms with Gasteiger partial charge < -0.3 is 14.7 Å². The van der Waals surface area contributed by atoms with E-state index in [-0.39, 0.29) is 11.8 Å². The third kappa shape index (κ3) is 5.43. The Kier molecular flexibility index (Phi) is 7.01. The second-order valence-electron chi connectivity index (χ2n) is 7.57. The Morgan fingerprint density at radius 3 is 2.45 bits per heavy atom. The summed E-state index contributed by atoms with van der Waals surface area (Å²) in [4.78, 5) is 27.6. The van der Waals surface area contributed by atoms with E-state index in [1.54, 1.807) is 26.2 Å². The molecule has 0 radical (unpaired) electrons. The Labute approximate surface area is 171 Å². The molecule has 1 N–H and O–H groups in total. The molecule has 2 aromatic carbocycles. The molecule has 154 valence electrons. The lowest BCUT2D eigenvalue weighted by Crippen LogP contribution is -2.35. The maximum absolute atomic E-state index is 11.8. The van der Waals surface area contributed by atoms with Crippen LogP contribution < -0.4 is 0 Å². The zero-order valence-corrected chi connectivity index (χ0v) is 17.0. The van der Waals surface area contributed by atoms with Gasteiger partial charge in [0.15, 0.2) is 0 Å². The molecule has 1 heterocycles. The van der Waals surface area contributed by atoms with Gasteiger partial charge in [-0.2, -0.15) is 0 Å². The van der Waals surface area contributed by atoms with E-state index in [1.165, 1.54) is 0 Å². The van der Waals surface area contributed by atoms with E-state index in [0.29, 0.717) is 12.2 Å². The number of hydrogen-bond acceptors (Lipinski definition) is 4. The number of nitrogens with zero attached hydrogens (tertiary/aromatic N) is 2. The summed E-state index contributed by atoms with van der Waals surface area (Å²) < 4.78 is 5.35. The molecule has 0 bridgehead atoms. The summed E-state index contributed by atoms with van der Waals surface area (Å²) in [7, 11) is 1.70. The minimum Gasteiger partial charge on any atom is -0.478 e. The number of rotatable bonds is 6. The number of aromatic carboxylic acids is 1. The molecule has 29 heavy (non-hydrogen) atoms. The van der Waals surface area contributed by atoms with Crippen LogP contribution in [-0.2, 0) is 16.1 Å². The first-order valence-electron chi connectivity index (χ1n) is 9.86. The number of carboxylic acid groups (broad SMARTS) is 1. The number of carboxylic acids is 1. The minimum absolute atomic E-state index is 0.106. The summed E-state index contributed by atoms with van der Waals surface area (Å²) >= 11 is 0. The lowest BCUT2D eigenvalue weighted by Gasteiger charge is -2.23. The summed E-state index contributed by atoms with van der Waals surface area (Å²) in [5.41, 5.74) is 3.08. The molecule has 1 fully saturated rings. The molecule has 0 unspecified atom stereocenters. The maximum Gasteiger partial charge on any atom is 0.336 e. The Hall–Kier alpha value is -2.70. The smallest absolute Gasteiger partial charge is 0.336 e. The van der Waals surface area contributed by atoms with Crippen molar-refractivity contribution < 1.29 is 19.4 Å². The van der Waals surface area contributed by atoms with E-state index >= 15 is 0 Å². The van der Waals surface area contributed by atoms with Gasteiger partial charge in [-0.1, -0.05) is 42.5 Å². The van der Waals surface area contributed by atoms with Gasteiger partial charge >= 0.3 is 5.97 Å². The lowest BCUT2D eigenvalue weighted by molar-refractivity contribution is -0.129. The third-order valence-electron chi connectivity index (χ3n) is 5.36. The summed E-state index contributed by atoms with van der Waals surface area (Å²) in [6.07, 6.45) is 0. The SMILES string of the molecule is COC[C@H]1CN(Cc2ccc(-c3ccccc3C(=O)O)cc2)CCN(C(C)=O)C1. The average Bonchev–Trinajstić information content (AvgIpc) is 2.91. The van der Waals surface area contributed by atoms with Gasteiger partial charge in [-0.15, -0.1) is 0 Å². The first-order valence-corrected chi connectivity index (χ1v) is 9.86. The van der Waals surface area contributed by atoms with E-state index < -0.39 is 5.97 Å². The van der Waals surface area contributed by atoms with Crippen LogP contribution in [0.3, 0.4) is 0 Å². The monoisotopic (exact) mass is 396 g/mol. The number of methoxy groups -OCH3 is 1. The van der Waals surface area contributed by atoms with Crippen LogP contribution in [0.15, 0.2) is 48.5 Å². The second-order valence-corrected chi connectivity index (χ2v) is 7.57. The van der Waals surface area contributed by atoms with E-state index in [4.69, 9.17) is 4.74 Å². The summed E-state index contributed by atoms with van der Waals surface area (Å²) in [5.74, 6) is -0.532. The van der Waals surface area contributed by atoms with Crippen molar-refractivity contribution in [3.63, 3.8) is 0 Å². The van der Waals surface area contributed by atoms with Crippen LogP contribution in [0.4, 0.5) is 0 Å². The van der Waals surface area contributed by atoms with Crippen LogP contribution in [0.2, 0.25) is 0 Å². The highest BCUT2D eigenvalue weighted by atomic mass is 16.5. The normalized spacial score (nSPS) is 17.7. The van der Waals surface area contributed by atoms with Crippen molar-refractivity contribution >= 4 is 11.9 Å². The summed E-state index contributed by atoms with van der Waals surface area (Å²) in [6, 6.07) is 15.1. The van der Waals surface area contributed by atoms with Crippen molar-refractivity contribution in [2.24, 2.45) is 5.92 Å². The van der Waals surface area contributed by atoms with E-state index in [0.717, 1.165) is 49.4 Å². The zero-order valence-electron chi connectivity index (χ0n) is 17.0. The van der Waals surface area contributed by atoms with Gasteiger partial charge in [0.1, 0.15) is 0 Å². The standard InChI is InChI=1S/C23H28N2O4/c1-17(26)25-12-11-24(14-19(15-25)16-29-2)13-18-7-9-20(10-8-18)21-5-3-4-6-22(21)23(27)28/h3-10,19H,11-16H2,1-2H3,(H,27,28)/t19-/m0/s1. The highest BCUT2D eigenvalue weighted by Crippen LogP contribution is 2.24. The summed E-state index contributed by atoms with van der Waals surface area (Å²) in [6.45, 7) is 6.18. The number of hydrogen-bond donors (Lipinski definition) is 1. The molecule has 6 nitrogen and oxygen atoms in total. The topological polar surface area (TPSA) is 70.1 Å². The number of carbonyl (C=O) groups excluding carboxylic acids is 1. The Morgan fingerprint density at radius 1 is 1.07 bits per heavy atom. The molecule has 0 spiro atoms. The first kappa shape index (κ1) is 21.0. The van der Waals surface area contributed by atoms with Crippen LogP contribution >= 0.6 is 0 Å². The molecule has 0 saturated carbocycles. The molecule has 1 saturated heterocycles. The molecule has 0 aliphatic carbocycles. The first-order chi connectivity index (χ1) is 14.0. The Bertz CT molecular complexity index is 850. The number of benzene rings is 2. The van der Waals surface area contributed by atoms with Crippen molar-refractivity contribution in [3.8, 4) is 11.1 Å². The van der Waals surface area contributed by atoms with E-state index in [1.807, 2.05) is 41.3 Å². The fraction of sp³-hybridized carbons (Fsp3) is 0.391. The maximum atomic E-state index is 11.8. The number of amides is 1. The number of carbonyl (C=O) groups is 2. The van der Waals surface area contributed by atoms with Crippen molar-refractivity contribution in [1.29, 1.82) is 0 Å². The zero-order chi connectivity index (χ0) is 20.8. The molecule has 3 rings (SSSR count). The molecule has 1 aliphatic rings. The van der Waals surface area contributed by atoms with Gasteiger partial charge in [0.25, 0.3) is 0 Å². The molecular formula is C23H28N2O4. The van der Waals surface area contributed by atoms with Crippen molar-refractivity contribution in [3.05, 3.63) is 59.7 Å². The third-order valence-corrected chi connectivity index (χ3v) is 5.36. The molecule has 1 amide bonds. The van der Waals surface area contributed by atoms with Crippen molar-refractivity contribution in [1.82, 2.24) is 9.80 Å². The predicted molar refractivity (Wildman–Crippen MR) is 112 cm³/mol. The largest absolute Gasteiger partial charge is 0.478 e. The average molecular weight is 396 g/mol. The van der Waals surface area contributed by atoms with Crippen LogP contribution in [-0.4, -0.2) is 66.7 Å². The Morgan fingerprint density at radius 2 is 1.79 bits per heavy atom. The quantitative estimate of drug-likeness (QED) is 0.813. The second kappa shape index (κ2) is 9.67. The van der Waals surface area contributed by atoms with Crippen LogP contribution in [0, 0.1) is 5.92 Å². The summed E-state index contributed by atoms with van der Waals surface area (Å²) in [5, 5.41) is 9.41. The van der Waals surface area contributed by atoms with Crippen molar-refractivity contribution in [2.75, 3.05) is 39.9 Å². The Balaban J connectivity index is 1.72. The van der Waals surface area contributed by atoms with Crippen LogP contribution in [0.1, 0.15) is 22.8 Å². The minimum atomic E-state index is -0.923. The molecule has 2 aromatic rings. The van der Waals surface area contributed by atoms with Gasteiger partial charge in [0.05, 0.1) is 12.2 Å². The molecule has 6 heteroatoms. The van der Waals surface area contributed by atoms with Crippen LogP contribution in [0.5, 0.6) is 0 Å². The van der Waals surface area contributed by atoms with E-state index in [2.05, 4.69) is 4.90 Å². The predicted octanol–water partition coefficient (Wildman–Crippen LogP) is 2.98. The number of ether oxygens (including phenoxy) is 1.